The summed E-state index contributed by atoms with van der Waals surface area (Å²) in [6, 6.07) is 10.5. The zero-order chi connectivity index (χ0) is 19.3. The molecular formula is C20H37NO4P+. The van der Waals surface area contributed by atoms with Gasteiger partial charge in [0.05, 0.1) is 33.9 Å². The summed E-state index contributed by atoms with van der Waals surface area (Å²) in [4.78, 5) is 9.66. The lowest BCUT2D eigenvalue weighted by atomic mass is 10.0. The molecule has 6 heteroatoms. The maximum atomic E-state index is 10.0. The van der Waals surface area contributed by atoms with Gasteiger partial charge in [-0.25, -0.2) is 0 Å². The number of hydrogen-bond donors (Lipinski definition) is 2. The summed E-state index contributed by atoms with van der Waals surface area (Å²) < 4.78 is 11.4. The lowest BCUT2D eigenvalue weighted by Gasteiger charge is -2.23. The highest BCUT2D eigenvalue weighted by molar-refractivity contribution is 7.40. The van der Waals surface area contributed by atoms with Gasteiger partial charge in [0, 0.05) is 0 Å². The third kappa shape index (κ3) is 13.6. The maximum Gasteiger partial charge on any atom is 0.330 e. The fourth-order valence-corrected chi connectivity index (χ4v) is 3.15. The molecule has 0 aliphatic heterocycles. The van der Waals surface area contributed by atoms with E-state index in [4.69, 9.17) is 9.05 Å². The molecule has 2 atom stereocenters. The molecule has 1 aromatic carbocycles. The summed E-state index contributed by atoms with van der Waals surface area (Å²) in [6.07, 6.45) is 6.39. The first-order chi connectivity index (χ1) is 12.4. The van der Waals surface area contributed by atoms with Gasteiger partial charge in [0.25, 0.3) is 0 Å². The van der Waals surface area contributed by atoms with Crippen LogP contribution in [0.5, 0.6) is 0 Å². The number of aliphatic hydroxyl groups is 1. The first-order valence-electron chi connectivity index (χ1n) is 9.64. The summed E-state index contributed by atoms with van der Waals surface area (Å²) in [5, 5.41) is 10.0. The van der Waals surface area contributed by atoms with E-state index in [1.54, 1.807) is 0 Å². The van der Waals surface area contributed by atoms with Crippen LogP contribution in [0.25, 0.3) is 0 Å². The van der Waals surface area contributed by atoms with Crippen LogP contribution in [0.15, 0.2) is 30.3 Å². The van der Waals surface area contributed by atoms with E-state index < -0.39 is 8.60 Å². The van der Waals surface area contributed by atoms with E-state index >= 15 is 0 Å². The predicted molar refractivity (Wildman–Crippen MR) is 108 cm³/mol. The Hall–Kier alpha value is -0.550. The van der Waals surface area contributed by atoms with Crippen molar-refractivity contribution in [3.63, 3.8) is 0 Å². The Bertz CT molecular complexity index is 453. The van der Waals surface area contributed by atoms with Crippen LogP contribution < -0.4 is 0 Å². The zero-order valence-electron chi connectivity index (χ0n) is 16.6. The van der Waals surface area contributed by atoms with Gasteiger partial charge in [-0.15, -0.1) is 0 Å². The van der Waals surface area contributed by atoms with Crippen molar-refractivity contribution in [1.29, 1.82) is 0 Å². The summed E-state index contributed by atoms with van der Waals surface area (Å²) in [5.41, 5.74) is 1.36. The van der Waals surface area contributed by atoms with Crippen LogP contribution in [0.1, 0.15) is 44.1 Å². The number of aryl methyl sites for hydroxylation is 1. The largest absolute Gasteiger partial charge is 0.393 e. The fourth-order valence-electron chi connectivity index (χ4n) is 2.55. The minimum atomic E-state index is -1.77. The van der Waals surface area contributed by atoms with Crippen molar-refractivity contribution in [3.8, 4) is 0 Å². The molecule has 0 heterocycles. The average Bonchev–Trinajstić information content (AvgIpc) is 2.58. The van der Waals surface area contributed by atoms with Crippen molar-refractivity contribution in [2.75, 3.05) is 40.9 Å². The van der Waals surface area contributed by atoms with E-state index in [0.717, 1.165) is 56.0 Å². The number of unbranched alkanes of at least 4 members (excludes halogenated alkanes) is 2. The number of aliphatic hydroxyl groups excluding tert-OH is 1. The molecule has 0 aliphatic carbocycles. The first kappa shape index (κ1) is 23.5. The van der Waals surface area contributed by atoms with Crippen LogP contribution in [0.4, 0.5) is 0 Å². The topological polar surface area (TPSA) is 58.9 Å². The molecule has 0 aliphatic rings. The molecule has 0 bridgehead atoms. The second kappa shape index (κ2) is 13.6. The van der Waals surface area contributed by atoms with E-state index in [-0.39, 0.29) is 6.10 Å². The quantitative estimate of drug-likeness (QED) is 0.273. The molecule has 0 saturated carbocycles. The molecule has 0 saturated heterocycles. The highest BCUT2D eigenvalue weighted by Crippen LogP contribution is 2.32. The third-order valence-electron chi connectivity index (χ3n) is 4.19. The van der Waals surface area contributed by atoms with Gasteiger partial charge < -0.3 is 23.5 Å². The zero-order valence-corrected chi connectivity index (χ0v) is 17.5. The molecule has 26 heavy (non-hydrogen) atoms. The Morgan fingerprint density at radius 1 is 0.923 bits per heavy atom. The summed E-state index contributed by atoms with van der Waals surface area (Å²) in [7, 11) is 4.47. The van der Waals surface area contributed by atoms with Gasteiger partial charge >= 0.3 is 8.60 Å². The minimum absolute atomic E-state index is 0.234. The smallest absolute Gasteiger partial charge is 0.330 e. The standard InChI is InChI=1S/C20H37NO4P/c1-21(2,3)16-18-25-26(23)24-17-10-9-15-20(22)14-8-7-13-19-11-5-4-6-12-19/h4-6,11-12,20,22-23H,7-10,13-18H2,1-3H3/q+1. The van der Waals surface area contributed by atoms with Gasteiger partial charge in [0.2, 0.25) is 0 Å². The van der Waals surface area contributed by atoms with Crippen molar-refractivity contribution in [1.82, 2.24) is 0 Å². The Morgan fingerprint density at radius 3 is 2.19 bits per heavy atom. The molecular weight excluding hydrogens is 349 g/mol. The average molecular weight is 386 g/mol. The highest BCUT2D eigenvalue weighted by Gasteiger charge is 2.11. The second-order valence-corrected chi connectivity index (χ2v) is 8.79. The lowest BCUT2D eigenvalue weighted by Crippen LogP contribution is -2.37. The van der Waals surface area contributed by atoms with Crippen molar-refractivity contribution >= 4 is 8.60 Å². The molecule has 150 valence electrons. The predicted octanol–water partition coefficient (Wildman–Crippen LogP) is 3.89. The Labute approximate surface area is 160 Å². The van der Waals surface area contributed by atoms with Crippen LogP contribution in [0, 0.1) is 0 Å². The molecule has 0 amide bonds. The number of rotatable bonds is 15. The van der Waals surface area contributed by atoms with Gasteiger partial charge in [-0.1, -0.05) is 36.8 Å². The van der Waals surface area contributed by atoms with Gasteiger partial charge in [-0.05, 0) is 44.1 Å². The van der Waals surface area contributed by atoms with Gasteiger partial charge in [-0.2, -0.15) is 0 Å². The number of quaternary nitrogens is 1. The number of benzene rings is 1. The Morgan fingerprint density at radius 2 is 1.54 bits per heavy atom. The van der Waals surface area contributed by atoms with Crippen LogP contribution in [0.3, 0.4) is 0 Å². The van der Waals surface area contributed by atoms with Crippen LogP contribution in [-0.2, 0) is 15.5 Å². The normalized spacial score (nSPS) is 14.3. The molecule has 0 aromatic heterocycles. The molecule has 1 aromatic rings. The van der Waals surface area contributed by atoms with Gasteiger partial charge in [0.15, 0.2) is 0 Å². The molecule has 2 N–H and O–H groups in total. The number of likely N-dealkylation sites (N-methyl/N-ethyl adjacent to an activating group) is 1. The molecule has 0 fully saturated rings. The minimum Gasteiger partial charge on any atom is -0.393 e. The van der Waals surface area contributed by atoms with Gasteiger partial charge in [0.1, 0.15) is 13.2 Å². The molecule has 0 spiro atoms. The molecule has 2 unspecified atom stereocenters. The van der Waals surface area contributed by atoms with Crippen molar-refractivity contribution in [2.24, 2.45) is 0 Å². The van der Waals surface area contributed by atoms with E-state index in [9.17, 15) is 10.00 Å². The molecule has 1 rings (SSSR count). The van der Waals surface area contributed by atoms with Gasteiger partial charge in [-0.3, -0.25) is 0 Å². The highest BCUT2D eigenvalue weighted by atomic mass is 31.2. The Kier molecular flexibility index (Phi) is 12.3. The van der Waals surface area contributed by atoms with E-state index in [0.29, 0.717) is 13.2 Å². The fraction of sp³-hybridized carbons (Fsp3) is 0.700. The monoisotopic (exact) mass is 386 g/mol. The van der Waals surface area contributed by atoms with E-state index in [2.05, 4.69) is 45.4 Å². The van der Waals surface area contributed by atoms with E-state index in [1.807, 2.05) is 6.07 Å². The summed E-state index contributed by atoms with van der Waals surface area (Å²) >= 11 is 0. The SMILES string of the molecule is C[N+](C)(C)CCOP(O)OCCCCC(O)CCCCc1ccccc1. The summed E-state index contributed by atoms with van der Waals surface area (Å²) in [6.45, 7) is 1.81. The lowest BCUT2D eigenvalue weighted by molar-refractivity contribution is -0.870. The van der Waals surface area contributed by atoms with Crippen molar-refractivity contribution < 1.29 is 23.5 Å². The number of hydrogen-bond acceptors (Lipinski definition) is 4. The van der Waals surface area contributed by atoms with Crippen LogP contribution in [-0.4, -0.2) is 61.5 Å². The second-order valence-electron chi connectivity index (χ2n) is 7.80. The number of nitrogens with zero attached hydrogens (tertiary/aromatic N) is 1. The van der Waals surface area contributed by atoms with Crippen molar-refractivity contribution in [3.05, 3.63) is 35.9 Å². The molecule has 0 radical (unpaired) electrons. The first-order valence-corrected chi connectivity index (χ1v) is 10.8. The van der Waals surface area contributed by atoms with Crippen LogP contribution >= 0.6 is 8.60 Å². The summed E-state index contributed by atoms with van der Waals surface area (Å²) in [5.74, 6) is 0. The van der Waals surface area contributed by atoms with Crippen LogP contribution in [0.2, 0.25) is 0 Å². The van der Waals surface area contributed by atoms with Crippen molar-refractivity contribution in [2.45, 2.75) is 51.0 Å². The maximum absolute atomic E-state index is 10.0. The third-order valence-corrected chi connectivity index (χ3v) is 5.00. The Balaban J connectivity index is 1.92. The molecule has 5 nitrogen and oxygen atoms in total. The van der Waals surface area contributed by atoms with E-state index in [1.165, 1.54) is 5.56 Å².